The van der Waals surface area contributed by atoms with Gasteiger partial charge in [-0.1, -0.05) is 57.5 Å². The van der Waals surface area contributed by atoms with Gasteiger partial charge in [-0.05, 0) is 24.3 Å². The molecular formula is C18H30N2. The molecular weight excluding hydrogens is 244 g/mol. The lowest BCUT2D eigenvalue weighted by Gasteiger charge is -2.41. The van der Waals surface area contributed by atoms with Crippen molar-refractivity contribution < 1.29 is 0 Å². The van der Waals surface area contributed by atoms with Crippen LogP contribution in [0.25, 0.3) is 0 Å². The Balaban J connectivity index is 1.97. The van der Waals surface area contributed by atoms with E-state index in [4.69, 9.17) is 0 Å². The zero-order valence-corrected chi connectivity index (χ0v) is 13.3. The normalized spacial score (nSPS) is 25.6. The van der Waals surface area contributed by atoms with Crippen LogP contribution in [0.15, 0.2) is 30.3 Å². The largest absolute Gasteiger partial charge is 0.311 e. The summed E-state index contributed by atoms with van der Waals surface area (Å²) in [5.41, 5.74) is 1.47. The third-order valence-corrected chi connectivity index (χ3v) is 4.60. The summed E-state index contributed by atoms with van der Waals surface area (Å²) in [7, 11) is 0. The number of benzene rings is 1. The molecule has 20 heavy (non-hydrogen) atoms. The van der Waals surface area contributed by atoms with Crippen LogP contribution in [0.4, 0.5) is 0 Å². The minimum absolute atomic E-state index is 0.616. The van der Waals surface area contributed by atoms with Gasteiger partial charge in [-0.15, -0.1) is 0 Å². The van der Waals surface area contributed by atoms with Crippen LogP contribution in [0.5, 0.6) is 0 Å². The quantitative estimate of drug-likeness (QED) is 0.852. The number of rotatable bonds is 6. The molecule has 1 aliphatic rings. The van der Waals surface area contributed by atoms with Crippen LogP contribution in [0.1, 0.15) is 51.5 Å². The Morgan fingerprint density at radius 3 is 2.65 bits per heavy atom. The van der Waals surface area contributed by atoms with Crippen molar-refractivity contribution in [3.05, 3.63) is 35.9 Å². The highest BCUT2D eigenvalue weighted by atomic mass is 15.2. The van der Waals surface area contributed by atoms with Gasteiger partial charge in [0.25, 0.3) is 0 Å². The molecule has 0 saturated carbocycles. The lowest BCUT2D eigenvalue weighted by atomic mass is 9.97. The van der Waals surface area contributed by atoms with E-state index < -0.39 is 0 Å². The summed E-state index contributed by atoms with van der Waals surface area (Å²) in [6.45, 7) is 10.5. The van der Waals surface area contributed by atoms with Crippen molar-refractivity contribution in [2.24, 2.45) is 0 Å². The summed E-state index contributed by atoms with van der Waals surface area (Å²) in [5, 5.41) is 3.72. The molecule has 1 heterocycles. The van der Waals surface area contributed by atoms with Gasteiger partial charge in [0.15, 0.2) is 0 Å². The fourth-order valence-corrected chi connectivity index (χ4v) is 3.34. The topological polar surface area (TPSA) is 15.3 Å². The highest BCUT2D eigenvalue weighted by Crippen LogP contribution is 2.20. The van der Waals surface area contributed by atoms with Crippen molar-refractivity contribution in [1.29, 1.82) is 0 Å². The van der Waals surface area contributed by atoms with Crippen LogP contribution in [0, 0.1) is 0 Å². The standard InChI is InChI=1S/C18H30N2/c1-4-9-17-14-20(18(5-2)12-19-17)13-15(3)16-10-7-6-8-11-16/h6-8,10-11,15,17-19H,4-5,9,12-14H2,1-3H3. The third-order valence-electron chi connectivity index (χ3n) is 4.60. The average Bonchev–Trinajstić information content (AvgIpc) is 2.49. The van der Waals surface area contributed by atoms with Crippen molar-refractivity contribution in [1.82, 2.24) is 10.2 Å². The van der Waals surface area contributed by atoms with E-state index in [1.165, 1.54) is 37.9 Å². The van der Waals surface area contributed by atoms with Crippen molar-refractivity contribution in [3.8, 4) is 0 Å². The van der Waals surface area contributed by atoms with Crippen LogP contribution in [-0.2, 0) is 0 Å². The number of hydrogen-bond donors (Lipinski definition) is 1. The fraction of sp³-hybridized carbons (Fsp3) is 0.667. The van der Waals surface area contributed by atoms with Gasteiger partial charge < -0.3 is 5.32 Å². The first kappa shape index (κ1) is 15.5. The van der Waals surface area contributed by atoms with E-state index in [1.54, 1.807) is 0 Å². The average molecular weight is 274 g/mol. The number of hydrogen-bond acceptors (Lipinski definition) is 2. The van der Waals surface area contributed by atoms with Crippen LogP contribution in [-0.4, -0.2) is 36.6 Å². The van der Waals surface area contributed by atoms with Gasteiger partial charge >= 0.3 is 0 Å². The van der Waals surface area contributed by atoms with Crippen LogP contribution in [0.2, 0.25) is 0 Å². The van der Waals surface area contributed by atoms with Crippen LogP contribution in [0.3, 0.4) is 0 Å². The van der Waals surface area contributed by atoms with E-state index in [2.05, 4.69) is 61.3 Å². The molecule has 2 rings (SSSR count). The summed E-state index contributed by atoms with van der Waals surface area (Å²) < 4.78 is 0. The predicted octanol–water partition coefficient (Wildman–Crippen LogP) is 3.64. The molecule has 1 aromatic rings. The molecule has 0 aromatic heterocycles. The summed E-state index contributed by atoms with van der Waals surface area (Å²) in [6, 6.07) is 12.3. The fourth-order valence-electron chi connectivity index (χ4n) is 3.34. The van der Waals surface area contributed by atoms with Gasteiger partial charge in [-0.2, -0.15) is 0 Å². The maximum absolute atomic E-state index is 3.72. The molecule has 1 N–H and O–H groups in total. The van der Waals surface area contributed by atoms with Crippen molar-refractivity contribution in [2.45, 2.75) is 58.0 Å². The molecule has 2 nitrogen and oxygen atoms in total. The molecule has 1 aliphatic heterocycles. The molecule has 1 fully saturated rings. The minimum atomic E-state index is 0.616. The zero-order chi connectivity index (χ0) is 14.4. The van der Waals surface area contributed by atoms with Crippen LogP contribution < -0.4 is 5.32 Å². The molecule has 112 valence electrons. The molecule has 0 aliphatic carbocycles. The highest BCUT2D eigenvalue weighted by molar-refractivity contribution is 5.19. The van der Waals surface area contributed by atoms with Gasteiger partial charge in [0.1, 0.15) is 0 Å². The first-order chi connectivity index (χ1) is 9.74. The highest BCUT2D eigenvalue weighted by Gasteiger charge is 2.27. The van der Waals surface area contributed by atoms with E-state index in [9.17, 15) is 0 Å². The first-order valence-electron chi connectivity index (χ1n) is 8.27. The second-order valence-corrected chi connectivity index (χ2v) is 6.22. The van der Waals surface area contributed by atoms with Crippen molar-refractivity contribution in [3.63, 3.8) is 0 Å². The summed E-state index contributed by atoms with van der Waals surface area (Å²) in [5.74, 6) is 0.616. The lowest BCUT2D eigenvalue weighted by Crippen LogP contribution is -2.56. The third kappa shape index (κ3) is 4.07. The minimum Gasteiger partial charge on any atom is -0.311 e. The van der Waals surface area contributed by atoms with Gasteiger partial charge in [0, 0.05) is 31.7 Å². The lowest BCUT2D eigenvalue weighted by molar-refractivity contribution is 0.117. The van der Waals surface area contributed by atoms with E-state index in [1.807, 2.05) is 0 Å². The van der Waals surface area contributed by atoms with Gasteiger partial charge in [0.2, 0.25) is 0 Å². The SMILES string of the molecule is CCCC1CN(CC(C)c2ccccc2)C(CC)CN1. The maximum Gasteiger partial charge on any atom is 0.0219 e. The number of nitrogens with zero attached hydrogens (tertiary/aromatic N) is 1. The second-order valence-electron chi connectivity index (χ2n) is 6.22. The van der Waals surface area contributed by atoms with Crippen molar-refractivity contribution >= 4 is 0 Å². The second kappa shape index (κ2) is 7.80. The zero-order valence-electron chi connectivity index (χ0n) is 13.3. The van der Waals surface area contributed by atoms with Gasteiger partial charge in [-0.25, -0.2) is 0 Å². The number of nitrogens with one attached hydrogen (secondary N) is 1. The maximum atomic E-state index is 3.72. The van der Waals surface area contributed by atoms with Gasteiger partial charge in [0.05, 0.1) is 0 Å². The van der Waals surface area contributed by atoms with Crippen molar-refractivity contribution in [2.75, 3.05) is 19.6 Å². The molecule has 0 bridgehead atoms. The van der Waals surface area contributed by atoms with E-state index in [-0.39, 0.29) is 0 Å². The summed E-state index contributed by atoms with van der Waals surface area (Å²) in [4.78, 5) is 2.72. The molecule has 1 saturated heterocycles. The Hall–Kier alpha value is -0.860. The van der Waals surface area contributed by atoms with E-state index in [0.717, 1.165) is 6.54 Å². The Kier molecular flexibility index (Phi) is 6.06. The number of piperazine rings is 1. The Morgan fingerprint density at radius 1 is 1.25 bits per heavy atom. The van der Waals surface area contributed by atoms with E-state index in [0.29, 0.717) is 18.0 Å². The van der Waals surface area contributed by atoms with E-state index >= 15 is 0 Å². The molecule has 0 radical (unpaired) electrons. The predicted molar refractivity (Wildman–Crippen MR) is 87.2 cm³/mol. The Labute approximate surface area is 124 Å². The smallest absolute Gasteiger partial charge is 0.0219 e. The molecule has 2 heteroatoms. The summed E-state index contributed by atoms with van der Waals surface area (Å²) >= 11 is 0. The molecule has 3 atom stereocenters. The molecule has 1 aromatic carbocycles. The van der Waals surface area contributed by atoms with Gasteiger partial charge in [-0.3, -0.25) is 4.90 Å². The Morgan fingerprint density at radius 2 is 2.00 bits per heavy atom. The molecule has 3 unspecified atom stereocenters. The first-order valence-corrected chi connectivity index (χ1v) is 8.27. The molecule has 0 spiro atoms. The van der Waals surface area contributed by atoms with Crippen LogP contribution >= 0.6 is 0 Å². The summed E-state index contributed by atoms with van der Waals surface area (Å²) in [6.07, 6.45) is 3.82. The molecule has 0 amide bonds. The monoisotopic (exact) mass is 274 g/mol. The Bertz CT molecular complexity index is 376.